The van der Waals surface area contributed by atoms with Crippen LogP contribution in [-0.4, -0.2) is 27.7 Å². The van der Waals surface area contributed by atoms with Crippen LogP contribution in [0.3, 0.4) is 0 Å². The predicted octanol–water partition coefficient (Wildman–Crippen LogP) is 3.16. The SMILES string of the molecule is COc1ccc(C(=O)Nc2ccnn2Cc2cccs2)cc1[N+](=O)[O-]. The third kappa shape index (κ3) is 3.66. The Balaban J connectivity index is 1.80. The maximum atomic E-state index is 12.4. The number of anilines is 1. The zero-order chi connectivity index (χ0) is 17.8. The van der Waals surface area contributed by atoms with Gasteiger partial charge in [0.2, 0.25) is 0 Å². The Kier molecular flexibility index (Phi) is 4.75. The van der Waals surface area contributed by atoms with Gasteiger partial charge in [-0.3, -0.25) is 14.9 Å². The molecule has 25 heavy (non-hydrogen) atoms. The Bertz CT molecular complexity index is 905. The van der Waals surface area contributed by atoms with Crippen molar-refractivity contribution in [3.63, 3.8) is 0 Å². The highest BCUT2D eigenvalue weighted by Crippen LogP contribution is 2.27. The lowest BCUT2D eigenvalue weighted by Crippen LogP contribution is -2.16. The number of carbonyl (C=O) groups excluding carboxylic acids is 1. The molecule has 0 aliphatic carbocycles. The van der Waals surface area contributed by atoms with E-state index in [0.717, 1.165) is 4.88 Å². The van der Waals surface area contributed by atoms with Crippen molar-refractivity contribution in [1.29, 1.82) is 0 Å². The Morgan fingerprint density at radius 2 is 2.24 bits per heavy atom. The topological polar surface area (TPSA) is 99.3 Å². The fourth-order valence-corrected chi connectivity index (χ4v) is 2.96. The maximum Gasteiger partial charge on any atom is 0.311 e. The second-order valence-electron chi connectivity index (χ2n) is 5.05. The molecule has 0 atom stereocenters. The number of nitro groups is 1. The molecule has 3 rings (SSSR count). The molecule has 128 valence electrons. The summed E-state index contributed by atoms with van der Waals surface area (Å²) in [6.45, 7) is 0.531. The molecule has 2 aromatic heterocycles. The number of aromatic nitrogens is 2. The van der Waals surface area contributed by atoms with E-state index in [2.05, 4.69) is 10.4 Å². The van der Waals surface area contributed by atoms with Crippen molar-refractivity contribution in [2.24, 2.45) is 0 Å². The maximum absolute atomic E-state index is 12.4. The Morgan fingerprint density at radius 1 is 1.40 bits per heavy atom. The molecule has 0 unspecified atom stereocenters. The number of hydrogen-bond donors (Lipinski definition) is 1. The van der Waals surface area contributed by atoms with E-state index >= 15 is 0 Å². The van der Waals surface area contributed by atoms with Gasteiger partial charge in [-0.1, -0.05) is 6.07 Å². The van der Waals surface area contributed by atoms with Gasteiger partial charge >= 0.3 is 5.69 Å². The van der Waals surface area contributed by atoms with E-state index in [1.54, 1.807) is 28.3 Å². The van der Waals surface area contributed by atoms with Crippen LogP contribution in [0.5, 0.6) is 5.75 Å². The first-order valence-electron chi connectivity index (χ1n) is 7.26. The van der Waals surface area contributed by atoms with Gasteiger partial charge in [0.15, 0.2) is 5.75 Å². The second kappa shape index (κ2) is 7.14. The summed E-state index contributed by atoms with van der Waals surface area (Å²) < 4.78 is 6.59. The number of methoxy groups -OCH3 is 1. The second-order valence-corrected chi connectivity index (χ2v) is 6.08. The number of nitrogens with one attached hydrogen (secondary N) is 1. The zero-order valence-electron chi connectivity index (χ0n) is 13.2. The van der Waals surface area contributed by atoms with E-state index in [1.807, 2.05) is 17.5 Å². The summed E-state index contributed by atoms with van der Waals surface area (Å²) in [6.07, 6.45) is 1.58. The van der Waals surface area contributed by atoms with Gasteiger partial charge in [-0.2, -0.15) is 5.10 Å². The zero-order valence-corrected chi connectivity index (χ0v) is 14.0. The lowest BCUT2D eigenvalue weighted by Gasteiger charge is -2.09. The van der Waals surface area contributed by atoms with Crippen molar-refractivity contribution < 1.29 is 14.5 Å². The monoisotopic (exact) mass is 358 g/mol. The van der Waals surface area contributed by atoms with E-state index in [9.17, 15) is 14.9 Å². The highest BCUT2D eigenvalue weighted by Gasteiger charge is 2.19. The number of amides is 1. The van der Waals surface area contributed by atoms with Crippen molar-refractivity contribution in [3.8, 4) is 5.75 Å². The Morgan fingerprint density at radius 3 is 2.92 bits per heavy atom. The fourth-order valence-electron chi connectivity index (χ4n) is 2.28. The summed E-state index contributed by atoms with van der Waals surface area (Å²) in [5.74, 6) is 0.153. The predicted molar refractivity (Wildman–Crippen MR) is 93.2 cm³/mol. The van der Waals surface area contributed by atoms with Crippen LogP contribution in [0.1, 0.15) is 15.2 Å². The van der Waals surface area contributed by atoms with E-state index < -0.39 is 10.8 Å². The summed E-state index contributed by atoms with van der Waals surface area (Å²) in [5.41, 5.74) is -0.0985. The molecular weight excluding hydrogens is 344 g/mol. The van der Waals surface area contributed by atoms with Gasteiger partial charge in [-0.05, 0) is 23.6 Å². The van der Waals surface area contributed by atoms with Crippen molar-refractivity contribution >= 4 is 28.7 Å². The van der Waals surface area contributed by atoms with Gasteiger partial charge in [0.1, 0.15) is 5.82 Å². The van der Waals surface area contributed by atoms with Crippen LogP contribution in [0.4, 0.5) is 11.5 Å². The molecule has 0 saturated carbocycles. The van der Waals surface area contributed by atoms with Gasteiger partial charge in [0.05, 0.1) is 24.8 Å². The molecule has 0 saturated heterocycles. The molecule has 1 N–H and O–H groups in total. The number of nitrogens with zero attached hydrogens (tertiary/aromatic N) is 3. The van der Waals surface area contributed by atoms with Gasteiger partial charge < -0.3 is 10.1 Å². The van der Waals surface area contributed by atoms with E-state index in [1.165, 1.54) is 25.3 Å². The smallest absolute Gasteiger partial charge is 0.311 e. The molecule has 1 aromatic carbocycles. The van der Waals surface area contributed by atoms with Crippen LogP contribution in [-0.2, 0) is 6.54 Å². The summed E-state index contributed by atoms with van der Waals surface area (Å²) >= 11 is 1.59. The summed E-state index contributed by atoms with van der Waals surface area (Å²) in [6, 6.07) is 9.65. The lowest BCUT2D eigenvalue weighted by molar-refractivity contribution is -0.385. The molecule has 0 aliphatic heterocycles. The van der Waals surface area contributed by atoms with Crippen LogP contribution in [0.25, 0.3) is 0 Å². The molecule has 2 heterocycles. The van der Waals surface area contributed by atoms with Crippen LogP contribution < -0.4 is 10.1 Å². The molecule has 0 aliphatic rings. The standard InChI is InChI=1S/C16H14N4O4S/c1-24-14-5-4-11(9-13(14)20(22)23)16(21)18-15-6-7-17-19(15)10-12-3-2-8-25-12/h2-9H,10H2,1H3,(H,18,21). The van der Waals surface area contributed by atoms with Crippen molar-refractivity contribution in [1.82, 2.24) is 9.78 Å². The summed E-state index contributed by atoms with van der Waals surface area (Å²) in [4.78, 5) is 24.0. The van der Waals surface area contributed by atoms with E-state index in [4.69, 9.17) is 4.74 Å². The van der Waals surface area contributed by atoms with Gasteiger partial charge in [-0.15, -0.1) is 11.3 Å². The minimum atomic E-state index is -0.587. The average molecular weight is 358 g/mol. The lowest BCUT2D eigenvalue weighted by atomic mass is 10.1. The first-order chi connectivity index (χ1) is 12.1. The first-order valence-corrected chi connectivity index (χ1v) is 8.14. The van der Waals surface area contributed by atoms with Crippen molar-refractivity contribution in [2.45, 2.75) is 6.54 Å². The number of ether oxygens (including phenoxy) is 1. The fraction of sp³-hybridized carbons (Fsp3) is 0.125. The quantitative estimate of drug-likeness (QED) is 0.539. The molecule has 9 heteroatoms. The highest BCUT2D eigenvalue weighted by atomic mass is 32.1. The first kappa shape index (κ1) is 16.7. The van der Waals surface area contributed by atoms with Crippen LogP contribution in [0.15, 0.2) is 48.0 Å². The number of thiophene rings is 1. The molecule has 8 nitrogen and oxygen atoms in total. The van der Waals surface area contributed by atoms with E-state index in [-0.39, 0.29) is 17.0 Å². The molecule has 0 bridgehead atoms. The van der Waals surface area contributed by atoms with Crippen LogP contribution >= 0.6 is 11.3 Å². The molecule has 0 radical (unpaired) electrons. The number of rotatable bonds is 6. The number of carbonyl (C=O) groups is 1. The third-order valence-electron chi connectivity index (χ3n) is 3.48. The minimum Gasteiger partial charge on any atom is -0.490 e. The third-order valence-corrected chi connectivity index (χ3v) is 4.34. The number of nitro benzene ring substituents is 1. The van der Waals surface area contributed by atoms with Crippen molar-refractivity contribution in [3.05, 3.63) is 68.5 Å². The molecule has 0 fully saturated rings. The van der Waals surface area contributed by atoms with Gasteiger partial charge in [-0.25, -0.2) is 4.68 Å². The van der Waals surface area contributed by atoms with Crippen LogP contribution in [0, 0.1) is 10.1 Å². The van der Waals surface area contributed by atoms with Crippen LogP contribution in [0.2, 0.25) is 0 Å². The normalized spacial score (nSPS) is 10.4. The van der Waals surface area contributed by atoms with Gasteiger partial charge in [0.25, 0.3) is 5.91 Å². The minimum absolute atomic E-state index is 0.101. The highest BCUT2D eigenvalue weighted by molar-refractivity contribution is 7.09. The average Bonchev–Trinajstić information content (AvgIpc) is 3.27. The number of benzene rings is 1. The largest absolute Gasteiger partial charge is 0.490 e. The number of hydrogen-bond acceptors (Lipinski definition) is 6. The Hall–Kier alpha value is -3.20. The summed E-state index contributed by atoms with van der Waals surface area (Å²) in [5, 5.41) is 20.0. The van der Waals surface area contributed by atoms with Gasteiger partial charge in [0, 0.05) is 22.6 Å². The molecule has 0 spiro atoms. The Labute approximate surface area is 146 Å². The molecule has 3 aromatic rings. The van der Waals surface area contributed by atoms with Crippen molar-refractivity contribution in [2.75, 3.05) is 12.4 Å². The van der Waals surface area contributed by atoms with E-state index in [0.29, 0.717) is 12.4 Å². The summed E-state index contributed by atoms with van der Waals surface area (Å²) in [7, 11) is 1.34. The molecular formula is C16H14N4O4S. The molecule has 1 amide bonds.